The van der Waals surface area contributed by atoms with Crippen LogP contribution < -0.4 is 14.8 Å². The van der Waals surface area contributed by atoms with Gasteiger partial charge in [-0.2, -0.15) is 0 Å². The zero-order valence-corrected chi connectivity index (χ0v) is 21.4. The summed E-state index contributed by atoms with van der Waals surface area (Å²) in [6.07, 6.45) is 0. The maximum Gasteiger partial charge on any atom is 0.466 e. The van der Waals surface area contributed by atoms with E-state index in [9.17, 15) is 14.2 Å². The number of hydrogen-bond donors (Lipinski definition) is 0. The Hall–Kier alpha value is -3.30. The topological polar surface area (TPSA) is 69.7 Å². The molecular weight excluding hydrogens is 447 g/mol. The molecule has 5 nitrogen and oxygen atoms in total. The molecule has 0 aliphatic rings. The van der Waals surface area contributed by atoms with E-state index in [0.717, 1.165) is 22.3 Å². The van der Waals surface area contributed by atoms with Crippen molar-refractivity contribution in [3.8, 4) is 11.5 Å². The van der Waals surface area contributed by atoms with E-state index in [4.69, 9.17) is 9.47 Å². The number of carbonyl (C=O) groups excluding carboxylic acids is 2. The second-order valence-electron chi connectivity index (χ2n) is 8.09. The predicted molar refractivity (Wildman–Crippen MR) is 136 cm³/mol. The summed E-state index contributed by atoms with van der Waals surface area (Å²) in [6.45, 7) is 11.8. The lowest BCUT2D eigenvalue weighted by atomic mass is 9.95. The Morgan fingerprint density at radius 3 is 2.09 bits per heavy atom. The van der Waals surface area contributed by atoms with Crippen LogP contribution in [0.15, 0.2) is 48.5 Å². The fraction of sp³-hybridized carbons (Fsp3) is 0.286. The molecule has 0 radical (unpaired) electrons. The van der Waals surface area contributed by atoms with E-state index in [1.807, 2.05) is 39.8 Å². The van der Waals surface area contributed by atoms with Gasteiger partial charge in [-0.25, -0.2) is 4.79 Å². The summed E-state index contributed by atoms with van der Waals surface area (Å²) in [5.41, 5.74) is 4.28. The molecule has 34 heavy (non-hydrogen) atoms. The van der Waals surface area contributed by atoms with E-state index < -0.39 is 13.3 Å². The van der Waals surface area contributed by atoms with E-state index in [0.29, 0.717) is 17.7 Å². The summed E-state index contributed by atoms with van der Waals surface area (Å²) in [4.78, 5) is 27.0. The van der Waals surface area contributed by atoms with Gasteiger partial charge in [-0.05, 0) is 75.9 Å². The quantitative estimate of drug-likeness (QED) is 0.269. The molecule has 0 spiro atoms. The second kappa shape index (κ2) is 10.8. The number of carbonyl (C=O) groups is 2. The Morgan fingerprint density at radius 1 is 0.824 bits per heavy atom. The van der Waals surface area contributed by atoms with Gasteiger partial charge in [0.05, 0.1) is 24.3 Å². The highest BCUT2D eigenvalue weighted by molar-refractivity contribution is 7.72. The molecule has 0 amide bonds. The van der Waals surface area contributed by atoms with E-state index in [2.05, 4.69) is 0 Å². The van der Waals surface area contributed by atoms with Crippen molar-refractivity contribution in [1.82, 2.24) is 0 Å². The van der Waals surface area contributed by atoms with Gasteiger partial charge in [-0.15, -0.1) is 0 Å². The van der Waals surface area contributed by atoms with Crippen LogP contribution in [0, 0.1) is 27.7 Å². The third-order valence-corrected chi connectivity index (χ3v) is 7.34. The number of rotatable bonds is 9. The molecule has 3 aromatic carbocycles. The summed E-state index contributed by atoms with van der Waals surface area (Å²) in [6, 6.07) is 13.9. The van der Waals surface area contributed by atoms with Crippen molar-refractivity contribution < 1.29 is 23.6 Å². The molecule has 0 saturated carbocycles. The van der Waals surface area contributed by atoms with E-state index >= 15 is 0 Å². The Kier molecular flexibility index (Phi) is 8.01. The first-order valence-electron chi connectivity index (χ1n) is 11.3. The van der Waals surface area contributed by atoms with Crippen LogP contribution in [0.2, 0.25) is 0 Å². The molecule has 0 aliphatic carbocycles. The zero-order valence-electron chi connectivity index (χ0n) is 20.5. The van der Waals surface area contributed by atoms with Gasteiger partial charge < -0.3 is 9.47 Å². The molecule has 176 valence electrons. The van der Waals surface area contributed by atoms with Crippen LogP contribution in [0.5, 0.6) is 11.5 Å². The first kappa shape index (κ1) is 25.3. The van der Waals surface area contributed by atoms with Gasteiger partial charge in [0.25, 0.3) is 5.30 Å². The fourth-order valence-electron chi connectivity index (χ4n) is 4.05. The Labute approximate surface area is 201 Å². The lowest BCUT2D eigenvalue weighted by Crippen LogP contribution is -2.18. The van der Waals surface area contributed by atoms with Crippen molar-refractivity contribution in [1.29, 1.82) is 0 Å². The number of hydrogen-bond acceptors (Lipinski definition) is 5. The SMILES string of the molecule is CCOc1ccc(C(=O)c2ccccc2)c(OCC)c1[P+](=O)C(=O)c1c(C)cc(C)c(C)c1C. The molecule has 0 aromatic heterocycles. The minimum Gasteiger partial charge on any atom is -0.489 e. The summed E-state index contributed by atoms with van der Waals surface area (Å²) in [5.74, 6) is 0.141. The number of ketones is 1. The predicted octanol–water partition coefficient (Wildman–Crippen LogP) is 6.24. The minimum absolute atomic E-state index is 0.127. The third-order valence-electron chi connectivity index (χ3n) is 5.92. The summed E-state index contributed by atoms with van der Waals surface area (Å²) in [5, 5.41) is 0.127. The molecule has 0 bridgehead atoms. The molecule has 0 heterocycles. The monoisotopic (exact) mass is 477 g/mol. The molecule has 0 N–H and O–H groups in total. The van der Waals surface area contributed by atoms with Gasteiger partial charge in [0.1, 0.15) is 0 Å². The number of aryl methyl sites for hydroxylation is 2. The first-order valence-corrected chi connectivity index (χ1v) is 12.6. The molecule has 3 aromatic rings. The van der Waals surface area contributed by atoms with Crippen LogP contribution in [-0.2, 0) is 4.57 Å². The Morgan fingerprint density at radius 2 is 1.47 bits per heavy atom. The van der Waals surface area contributed by atoms with Crippen molar-refractivity contribution in [2.45, 2.75) is 41.5 Å². The van der Waals surface area contributed by atoms with Gasteiger partial charge in [0, 0.05) is 5.56 Å². The number of ether oxygens (including phenoxy) is 2. The lowest BCUT2D eigenvalue weighted by Gasteiger charge is -2.14. The van der Waals surface area contributed by atoms with E-state index in [1.165, 1.54) is 0 Å². The highest BCUT2D eigenvalue weighted by Crippen LogP contribution is 2.40. The summed E-state index contributed by atoms with van der Waals surface area (Å²) >= 11 is 0. The maximum absolute atomic E-state index is 13.9. The van der Waals surface area contributed by atoms with Crippen LogP contribution in [0.25, 0.3) is 0 Å². The van der Waals surface area contributed by atoms with E-state index in [-0.39, 0.29) is 34.8 Å². The molecule has 1 unspecified atom stereocenters. The molecule has 0 saturated heterocycles. The van der Waals surface area contributed by atoms with E-state index in [1.54, 1.807) is 50.2 Å². The average Bonchev–Trinajstić information content (AvgIpc) is 2.83. The van der Waals surface area contributed by atoms with Crippen molar-refractivity contribution >= 4 is 24.4 Å². The van der Waals surface area contributed by atoms with Gasteiger partial charge in [0.2, 0.25) is 0 Å². The Bertz CT molecular complexity index is 1260. The molecule has 1 atom stereocenters. The summed E-state index contributed by atoms with van der Waals surface area (Å²) < 4.78 is 25.5. The van der Waals surface area contributed by atoms with Gasteiger partial charge in [0.15, 0.2) is 17.3 Å². The lowest BCUT2D eigenvalue weighted by molar-refractivity contribution is 0.103. The van der Waals surface area contributed by atoms with Gasteiger partial charge in [-0.1, -0.05) is 41.0 Å². The molecule has 0 fully saturated rings. The molecule has 6 heteroatoms. The highest BCUT2D eigenvalue weighted by atomic mass is 31.1. The van der Waals surface area contributed by atoms with Crippen molar-refractivity contribution in [2.75, 3.05) is 13.2 Å². The van der Waals surface area contributed by atoms with Crippen LogP contribution in [0.4, 0.5) is 0 Å². The maximum atomic E-state index is 13.9. The van der Waals surface area contributed by atoms with Crippen LogP contribution in [0.1, 0.15) is 62.4 Å². The number of benzene rings is 3. The average molecular weight is 478 g/mol. The smallest absolute Gasteiger partial charge is 0.466 e. The van der Waals surface area contributed by atoms with Crippen LogP contribution in [-0.4, -0.2) is 24.5 Å². The third kappa shape index (κ3) is 4.80. The van der Waals surface area contributed by atoms with Crippen LogP contribution >= 0.6 is 7.80 Å². The van der Waals surface area contributed by atoms with Crippen molar-refractivity contribution in [3.05, 3.63) is 87.5 Å². The molecule has 0 aliphatic heterocycles. The second-order valence-corrected chi connectivity index (χ2v) is 9.53. The first-order chi connectivity index (χ1) is 16.2. The molecular formula is C28H30O5P+. The normalized spacial score (nSPS) is 11.2. The largest absolute Gasteiger partial charge is 0.489 e. The Balaban J connectivity index is 2.23. The molecule has 3 rings (SSSR count). The standard InChI is InChI=1S/C28H30O5P/c1-7-32-23-15-14-22(25(29)21-12-10-9-11-13-21)26(33-8-2)27(23)34(31)28(30)24-18(4)16-17(3)19(5)20(24)6/h9-16H,7-8H2,1-6H3/q+1. The van der Waals surface area contributed by atoms with Crippen molar-refractivity contribution in [2.24, 2.45) is 0 Å². The summed E-state index contributed by atoms with van der Waals surface area (Å²) in [7, 11) is -2.63. The fourth-order valence-corrected chi connectivity index (χ4v) is 5.51. The highest BCUT2D eigenvalue weighted by Gasteiger charge is 2.43. The minimum atomic E-state index is -2.63. The zero-order chi connectivity index (χ0) is 25.0. The van der Waals surface area contributed by atoms with Crippen LogP contribution in [0.3, 0.4) is 0 Å². The van der Waals surface area contributed by atoms with Crippen molar-refractivity contribution in [3.63, 3.8) is 0 Å². The van der Waals surface area contributed by atoms with Gasteiger partial charge in [-0.3, -0.25) is 4.79 Å². The van der Waals surface area contributed by atoms with Gasteiger partial charge >= 0.3 is 13.3 Å².